The molecule has 0 aromatic heterocycles. The SMILES string of the molecule is CS(=O)(=O)N[C@H]1CCCC[C@@H]1N1C(=O)c2ccccc2[C@@H](C(=O)NCC(O)c2ccccc2)[C@@H]1c1ccc(Cl)cc1Cl. The van der Waals surface area contributed by atoms with Crippen LogP contribution in [0.15, 0.2) is 72.8 Å². The Labute approximate surface area is 256 Å². The minimum atomic E-state index is -3.58. The highest BCUT2D eigenvalue weighted by Gasteiger charge is 2.49. The standard InChI is InChI=1S/C31H33Cl2N3O5S/c1-42(40,41)35-25-13-7-8-14-26(25)36-29(23-16-15-20(32)17-24(23)33)28(21-11-5-6-12-22(21)31(36)39)30(38)34-18-27(37)19-9-3-2-4-10-19/h2-6,9-12,15-17,25-29,35,37H,7-8,13-14,18H2,1H3,(H,34,38)/t25-,26-,27?,28+,29-/m0/s1. The molecule has 3 aromatic rings. The van der Waals surface area contributed by atoms with Gasteiger partial charge in [-0.25, -0.2) is 13.1 Å². The van der Waals surface area contributed by atoms with Gasteiger partial charge in [0, 0.05) is 34.2 Å². The number of hydrogen-bond donors (Lipinski definition) is 3. The van der Waals surface area contributed by atoms with Crippen LogP contribution in [0.4, 0.5) is 0 Å². The van der Waals surface area contributed by atoms with E-state index in [1.165, 1.54) is 0 Å². The van der Waals surface area contributed by atoms with E-state index in [1.54, 1.807) is 59.5 Å². The first kappa shape index (κ1) is 30.5. The maximum atomic E-state index is 14.3. The summed E-state index contributed by atoms with van der Waals surface area (Å²) in [4.78, 5) is 30.1. The molecule has 1 aliphatic carbocycles. The van der Waals surface area contributed by atoms with Crippen LogP contribution in [0.5, 0.6) is 0 Å². The number of halogens is 2. The Kier molecular flexibility index (Phi) is 9.25. The number of aliphatic hydroxyl groups excluding tert-OH is 1. The van der Waals surface area contributed by atoms with Gasteiger partial charge >= 0.3 is 0 Å². The predicted molar refractivity (Wildman–Crippen MR) is 163 cm³/mol. The van der Waals surface area contributed by atoms with Crippen molar-refractivity contribution in [3.8, 4) is 0 Å². The molecule has 42 heavy (non-hydrogen) atoms. The van der Waals surface area contributed by atoms with Crippen LogP contribution in [0.2, 0.25) is 10.0 Å². The van der Waals surface area contributed by atoms with Crippen LogP contribution in [0.25, 0.3) is 0 Å². The van der Waals surface area contributed by atoms with E-state index in [1.807, 2.05) is 18.2 Å². The Bertz CT molecular complexity index is 1570. The number of rotatable bonds is 8. The zero-order valence-electron chi connectivity index (χ0n) is 23.0. The third kappa shape index (κ3) is 6.50. The molecule has 0 radical (unpaired) electrons. The monoisotopic (exact) mass is 629 g/mol. The molecule has 1 unspecified atom stereocenters. The van der Waals surface area contributed by atoms with Gasteiger partial charge in [0.2, 0.25) is 15.9 Å². The van der Waals surface area contributed by atoms with Crippen molar-refractivity contribution in [3.63, 3.8) is 0 Å². The highest BCUT2D eigenvalue weighted by molar-refractivity contribution is 7.88. The lowest BCUT2D eigenvalue weighted by atomic mass is 9.76. The van der Waals surface area contributed by atoms with Gasteiger partial charge < -0.3 is 15.3 Å². The summed E-state index contributed by atoms with van der Waals surface area (Å²) in [6.45, 7) is -0.0434. The van der Waals surface area contributed by atoms with Gasteiger partial charge in [-0.2, -0.15) is 0 Å². The van der Waals surface area contributed by atoms with Gasteiger partial charge in [0.05, 0.1) is 24.3 Å². The van der Waals surface area contributed by atoms with Crippen LogP contribution >= 0.6 is 23.2 Å². The summed E-state index contributed by atoms with van der Waals surface area (Å²) in [5.41, 5.74) is 2.08. The number of carbonyl (C=O) groups is 2. The maximum absolute atomic E-state index is 14.3. The molecule has 11 heteroatoms. The van der Waals surface area contributed by atoms with Crippen LogP contribution in [0.1, 0.15) is 70.8 Å². The summed E-state index contributed by atoms with van der Waals surface area (Å²) in [5, 5.41) is 14.4. The minimum absolute atomic E-state index is 0.0434. The normalized spacial score (nSPS) is 23.2. The first-order chi connectivity index (χ1) is 20.0. The number of sulfonamides is 1. The van der Waals surface area contributed by atoms with Crippen LogP contribution in [0.3, 0.4) is 0 Å². The summed E-state index contributed by atoms with van der Waals surface area (Å²) in [5.74, 6) is -1.60. The number of benzene rings is 3. The molecule has 1 saturated carbocycles. The van der Waals surface area contributed by atoms with Crippen molar-refractivity contribution in [2.45, 2.75) is 55.8 Å². The number of carbonyl (C=O) groups excluding carboxylic acids is 2. The van der Waals surface area contributed by atoms with Crippen molar-refractivity contribution in [1.29, 1.82) is 0 Å². The van der Waals surface area contributed by atoms with Gasteiger partial charge in [0.1, 0.15) is 0 Å². The van der Waals surface area contributed by atoms with Crippen molar-refractivity contribution in [1.82, 2.24) is 14.9 Å². The lowest BCUT2D eigenvalue weighted by Gasteiger charge is -2.49. The van der Waals surface area contributed by atoms with E-state index in [9.17, 15) is 23.1 Å². The number of nitrogens with one attached hydrogen (secondary N) is 2. The van der Waals surface area contributed by atoms with E-state index in [4.69, 9.17) is 23.2 Å². The number of hydrogen-bond acceptors (Lipinski definition) is 5. The first-order valence-corrected chi connectivity index (χ1v) is 16.5. The molecule has 5 rings (SSSR count). The largest absolute Gasteiger partial charge is 0.387 e. The number of aliphatic hydroxyl groups is 1. The van der Waals surface area contributed by atoms with E-state index in [0.717, 1.165) is 19.1 Å². The van der Waals surface area contributed by atoms with Gasteiger partial charge in [-0.1, -0.05) is 90.6 Å². The first-order valence-electron chi connectivity index (χ1n) is 13.9. The molecular formula is C31H33Cl2N3O5S. The van der Waals surface area contributed by atoms with Crippen LogP contribution in [0, 0.1) is 0 Å². The van der Waals surface area contributed by atoms with Crippen LogP contribution < -0.4 is 10.0 Å². The van der Waals surface area contributed by atoms with Crippen molar-refractivity contribution >= 4 is 45.0 Å². The third-order valence-electron chi connectivity index (χ3n) is 8.05. The van der Waals surface area contributed by atoms with E-state index in [2.05, 4.69) is 10.0 Å². The lowest BCUT2D eigenvalue weighted by molar-refractivity contribution is -0.125. The second-order valence-electron chi connectivity index (χ2n) is 10.9. The van der Waals surface area contributed by atoms with Crippen molar-refractivity contribution in [2.24, 2.45) is 0 Å². The summed E-state index contributed by atoms with van der Waals surface area (Å²) in [6.07, 6.45) is 2.85. The van der Waals surface area contributed by atoms with E-state index >= 15 is 0 Å². The molecule has 0 bridgehead atoms. The third-order valence-corrected chi connectivity index (χ3v) is 9.34. The molecule has 8 nitrogen and oxygen atoms in total. The second-order valence-corrected chi connectivity index (χ2v) is 13.5. The highest BCUT2D eigenvalue weighted by Crippen LogP contribution is 2.47. The highest BCUT2D eigenvalue weighted by atomic mass is 35.5. The van der Waals surface area contributed by atoms with Crippen LogP contribution in [-0.4, -0.2) is 55.1 Å². The van der Waals surface area contributed by atoms with Gasteiger partial charge in [-0.05, 0) is 47.7 Å². The Morgan fingerprint density at radius 3 is 2.40 bits per heavy atom. The second kappa shape index (κ2) is 12.7. The quantitative estimate of drug-likeness (QED) is 0.325. The fraction of sp³-hybridized carbons (Fsp3) is 0.355. The minimum Gasteiger partial charge on any atom is -0.387 e. The Hall–Kier alpha value is -2.95. The molecule has 1 heterocycles. The fourth-order valence-electron chi connectivity index (χ4n) is 6.23. The zero-order chi connectivity index (χ0) is 30.0. The molecule has 222 valence electrons. The number of nitrogens with zero attached hydrogens (tertiary/aromatic N) is 1. The zero-order valence-corrected chi connectivity index (χ0v) is 25.4. The van der Waals surface area contributed by atoms with Crippen LogP contribution in [-0.2, 0) is 14.8 Å². The Morgan fingerprint density at radius 2 is 1.69 bits per heavy atom. The molecular weight excluding hydrogens is 597 g/mol. The summed E-state index contributed by atoms with van der Waals surface area (Å²) in [7, 11) is -3.58. The molecule has 2 aliphatic rings. The maximum Gasteiger partial charge on any atom is 0.255 e. The van der Waals surface area contributed by atoms with E-state index in [0.29, 0.717) is 40.1 Å². The predicted octanol–water partition coefficient (Wildman–Crippen LogP) is 4.98. The topological polar surface area (TPSA) is 116 Å². The van der Waals surface area contributed by atoms with Gasteiger partial charge in [-0.15, -0.1) is 0 Å². The molecule has 3 aromatic carbocycles. The summed E-state index contributed by atoms with van der Waals surface area (Å²) in [6, 6.07) is 19.0. The van der Waals surface area contributed by atoms with E-state index in [-0.39, 0.29) is 17.5 Å². The lowest BCUT2D eigenvalue weighted by Crippen LogP contribution is -2.59. The number of fused-ring (bicyclic) bond motifs is 1. The van der Waals surface area contributed by atoms with Crippen molar-refractivity contribution < 1.29 is 23.1 Å². The fourth-order valence-corrected chi connectivity index (χ4v) is 7.57. The van der Waals surface area contributed by atoms with Crippen molar-refractivity contribution in [3.05, 3.63) is 105 Å². The summed E-state index contributed by atoms with van der Waals surface area (Å²) < 4.78 is 27.4. The molecule has 1 aliphatic heterocycles. The average molecular weight is 631 g/mol. The molecule has 0 saturated heterocycles. The Balaban J connectivity index is 1.61. The number of amides is 2. The van der Waals surface area contributed by atoms with Gasteiger partial charge in [-0.3, -0.25) is 9.59 Å². The molecule has 3 N–H and O–H groups in total. The molecule has 2 amide bonds. The molecule has 0 spiro atoms. The molecule has 1 fully saturated rings. The van der Waals surface area contributed by atoms with Gasteiger partial charge in [0.25, 0.3) is 5.91 Å². The molecule has 5 atom stereocenters. The van der Waals surface area contributed by atoms with E-state index < -0.39 is 46.1 Å². The Morgan fingerprint density at radius 1 is 1.00 bits per heavy atom. The summed E-state index contributed by atoms with van der Waals surface area (Å²) >= 11 is 13.0. The van der Waals surface area contributed by atoms with Gasteiger partial charge in [0.15, 0.2) is 0 Å². The smallest absolute Gasteiger partial charge is 0.255 e. The average Bonchev–Trinajstić information content (AvgIpc) is 2.96. The van der Waals surface area contributed by atoms with Crippen molar-refractivity contribution in [2.75, 3.05) is 12.8 Å².